The SMILES string of the molecule is Cc1cc(C(=O)N2CCN(C(=O)/C=C/c3ccc(NS(C)(=O)=O)cc3)CC2)on1. The van der Waals surface area contributed by atoms with Gasteiger partial charge in [-0.05, 0) is 30.7 Å². The molecular weight excluding hydrogens is 396 g/mol. The van der Waals surface area contributed by atoms with E-state index in [-0.39, 0.29) is 17.6 Å². The Balaban J connectivity index is 1.52. The first-order chi connectivity index (χ1) is 13.7. The van der Waals surface area contributed by atoms with Crippen molar-refractivity contribution in [3.05, 3.63) is 53.4 Å². The van der Waals surface area contributed by atoms with Crippen LogP contribution in [0.25, 0.3) is 6.08 Å². The Bertz CT molecular complexity index is 1020. The van der Waals surface area contributed by atoms with Gasteiger partial charge >= 0.3 is 0 Å². The zero-order chi connectivity index (χ0) is 21.0. The highest BCUT2D eigenvalue weighted by Crippen LogP contribution is 2.13. The van der Waals surface area contributed by atoms with Crippen LogP contribution in [0.2, 0.25) is 0 Å². The van der Waals surface area contributed by atoms with Crippen LogP contribution in [-0.4, -0.2) is 67.6 Å². The fourth-order valence-electron chi connectivity index (χ4n) is 2.90. The number of amides is 2. The largest absolute Gasteiger partial charge is 0.351 e. The smallest absolute Gasteiger partial charge is 0.292 e. The van der Waals surface area contributed by atoms with Crippen LogP contribution in [0.1, 0.15) is 21.8 Å². The summed E-state index contributed by atoms with van der Waals surface area (Å²) in [6.07, 6.45) is 4.22. The average Bonchev–Trinajstić information content (AvgIpc) is 3.12. The minimum atomic E-state index is -3.32. The van der Waals surface area contributed by atoms with Gasteiger partial charge in [-0.3, -0.25) is 14.3 Å². The Morgan fingerprint density at radius 1 is 1.10 bits per heavy atom. The van der Waals surface area contributed by atoms with Crippen LogP contribution in [0.4, 0.5) is 5.69 Å². The number of nitrogens with zero attached hydrogens (tertiary/aromatic N) is 3. The number of rotatable bonds is 5. The second-order valence-electron chi connectivity index (χ2n) is 6.78. The van der Waals surface area contributed by atoms with Gasteiger partial charge in [0.2, 0.25) is 21.7 Å². The summed E-state index contributed by atoms with van der Waals surface area (Å²) in [7, 11) is -3.32. The van der Waals surface area contributed by atoms with Gasteiger partial charge in [0.15, 0.2) is 0 Å². The van der Waals surface area contributed by atoms with Gasteiger partial charge in [-0.15, -0.1) is 0 Å². The predicted molar refractivity (Wildman–Crippen MR) is 108 cm³/mol. The highest BCUT2D eigenvalue weighted by atomic mass is 32.2. The molecule has 0 aliphatic carbocycles. The fourth-order valence-corrected chi connectivity index (χ4v) is 3.46. The average molecular weight is 418 g/mol. The van der Waals surface area contributed by atoms with Gasteiger partial charge in [0.25, 0.3) is 5.91 Å². The highest BCUT2D eigenvalue weighted by Gasteiger charge is 2.26. The molecule has 1 saturated heterocycles. The van der Waals surface area contributed by atoms with E-state index in [0.29, 0.717) is 37.6 Å². The van der Waals surface area contributed by atoms with Crippen LogP contribution in [0.3, 0.4) is 0 Å². The lowest BCUT2D eigenvalue weighted by Gasteiger charge is -2.33. The molecule has 1 aromatic carbocycles. The van der Waals surface area contributed by atoms with E-state index >= 15 is 0 Å². The van der Waals surface area contributed by atoms with Crippen molar-refractivity contribution in [2.24, 2.45) is 0 Å². The van der Waals surface area contributed by atoms with Crippen LogP contribution in [0, 0.1) is 6.92 Å². The van der Waals surface area contributed by atoms with E-state index in [1.54, 1.807) is 53.1 Å². The molecule has 1 fully saturated rings. The molecule has 3 rings (SSSR count). The van der Waals surface area contributed by atoms with Gasteiger partial charge < -0.3 is 14.3 Å². The molecule has 2 amide bonds. The summed E-state index contributed by atoms with van der Waals surface area (Å²) in [5.41, 5.74) is 1.87. The standard InChI is InChI=1S/C19H22N4O5S/c1-14-13-17(28-20-14)19(25)23-11-9-22(10-12-23)18(24)8-5-15-3-6-16(7-4-15)21-29(2,26)27/h3-8,13,21H,9-12H2,1-2H3/b8-5+. The summed E-state index contributed by atoms with van der Waals surface area (Å²) in [4.78, 5) is 28.0. The molecule has 1 aliphatic rings. The maximum atomic E-state index is 12.4. The van der Waals surface area contributed by atoms with E-state index in [9.17, 15) is 18.0 Å². The summed E-state index contributed by atoms with van der Waals surface area (Å²) in [6, 6.07) is 8.28. The molecule has 0 atom stereocenters. The molecule has 0 unspecified atom stereocenters. The van der Waals surface area contributed by atoms with Crippen LogP contribution >= 0.6 is 0 Å². The number of carbonyl (C=O) groups is 2. The number of nitrogens with one attached hydrogen (secondary N) is 1. The maximum absolute atomic E-state index is 12.4. The third-order valence-corrected chi connectivity index (χ3v) is 4.96. The molecule has 0 bridgehead atoms. The van der Waals surface area contributed by atoms with Gasteiger partial charge in [0.05, 0.1) is 11.9 Å². The number of anilines is 1. The molecule has 154 valence electrons. The minimum Gasteiger partial charge on any atom is -0.351 e. The zero-order valence-corrected chi connectivity index (χ0v) is 17.0. The Kier molecular flexibility index (Phi) is 6.02. The maximum Gasteiger partial charge on any atom is 0.292 e. The first-order valence-electron chi connectivity index (χ1n) is 8.99. The van der Waals surface area contributed by atoms with Crippen molar-refractivity contribution in [3.8, 4) is 0 Å². The van der Waals surface area contributed by atoms with Crippen molar-refractivity contribution in [1.82, 2.24) is 15.0 Å². The van der Waals surface area contributed by atoms with E-state index in [2.05, 4.69) is 9.88 Å². The molecule has 0 spiro atoms. The molecule has 1 N–H and O–H groups in total. The van der Waals surface area contributed by atoms with Gasteiger partial charge in [-0.25, -0.2) is 8.42 Å². The van der Waals surface area contributed by atoms with E-state index in [1.807, 2.05) is 0 Å². The number of sulfonamides is 1. The number of benzene rings is 1. The zero-order valence-electron chi connectivity index (χ0n) is 16.2. The molecule has 10 heteroatoms. The number of aryl methyl sites for hydroxylation is 1. The number of piperazine rings is 1. The van der Waals surface area contributed by atoms with Crippen molar-refractivity contribution in [2.75, 3.05) is 37.2 Å². The molecule has 1 aromatic heterocycles. The molecule has 0 radical (unpaired) electrons. The molecule has 29 heavy (non-hydrogen) atoms. The van der Waals surface area contributed by atoms with Crippen molar-refractivity contribution in [1.29, 1.82) is 0 Å². The van der Waals surface area contributed by atoms with E-state index in [4.69, 9.17) is 4.52 Å². The van der Waals surface area contributed by atoms with Crippen LogP contribution in [-0.2, 0) is 14.8 Å². The number of hydrogen-bond acceptors (Lipinski definition) is 6. The van der Waals surface area contributed by atoms with Crippen LogP contribution in [0.5, 0.6) is 0 Å². The first-order valence-corrected chi connectivity index (χ1v) is 10.9. The van der Waals surface area contributed by atoms with Gasteiger partial charge in [0, 0.05) is 44.0 Å². The summed E-state index contributed by atoms with van der Waals surface area (Å²) >= 11 is 0. The minimum absolute atomic E-state index is 0.147. The van der Waals surface area contributed by atoms with E-state index < -0.39 is 10.0 Å². The van der Waals surface area contributed by atoms with E-state index in [0.717, 1.165) is 11.8 Å². The van der Waals surface area contributed by atoms with Gasteiger partial charge in [-0.1, -0.05) is 17.3 Å². The topological polar surface area (TPSA) is 113 Å². The molecule has 1 aliphatic heterocycles. The molecule has 9 nitrogen and oxygen atoms in total. The van der Waals surface area contributed by atoms with Crippen LogP contribution in [0.15, 0.2) is 40.9 Å². The Hall–Kier alpha value is -3.14. The number of aromatic nitrogens is 1. The molecular formula is C19H22N4O5S. The lowest BCUT2D eigenvalue weighted by molar-refractivity contribution is -0.127. The van der Waals surface area contributed by atoms with Crippen LogP contribution < -0.4 is 4.72 Å². The number of hydrogen-bond donors (Lipinski definition) is 1. The lowest BCUT2D eigenvalue weighted by Crippen LogP contribution is -2.50. The van der Waals surface area contributed by atoms with Gasteiger partial charge in [0.1, 0.15) is 0 Å². The molecule has 0 saturated carbocycles. The Labute approximate surface area is 169 Å². The first kappa shape index (κ1) is 20.6. The number of carbonyl (C=O) groups excluding carboxylic acids is 2. The Morgan fingerprint density at radius 2 is 1.72 bits per heavy atom. The highest BCUT2D eigenvalue weighted by molar-refractivity contribution is 7.92. The summed E-state index contributed by atoms with van der Waals surface area (Å²) in [6.45, 7) is 3.45. The van der Waals surface area contributed by atoms with Crippen molar-refractivity contribution in [3.63, 3.8) is 0 Å². The van der Waals surface area contributed by atoms with E-state index in [1.165, 1.54) is 6.08 Å². The summed E-state index contributed by atoms with van der Waals surface area (Å²) in [5.74, 6) is -0.169. The van der Waals surface area contributed by atoms with Gasteiger partial charge in [-0.2, -0.15) is 0 Å². The third-order valence-electron chi connectivity index (χ3n) is 4.35. The summed E-state index contributed by atoms with van der Waals surface area (Å²) in [5, 5.41) is 3.72. The molecule has 2 heterocycles. The lowest BCUT2D eigenvalue weighted by atomic mass is 10.2. The normalized spacial score (nSPS) is 15.0. The second-order valence-corrected chi connectivity index (χ2v) is 8.53. The monoisotopic (exact) mass is 418 g/mol. The Morgan fingerprint density at radius 3 is 2.28 bits per heavy atom. The quantitative estimate of drug-likeness (QED) is 0.734. The second kappa shape index (κ2) is 8.48. The van der Waals surface area contributed by atoms with Crippen molar-refractivity contribution >= 4 is 33.6 Å². The fraction of sp³-hybridized carbons (Fsp3) is 0.316. The molecule has 2 aromatic rings. The van der Waals surface area contributed by atoms with Crippen molar-refractivity contribution < 1.29 is 22.5 Å². The third kappa shape index (κ3) is 5.67. The summed E-state index contributed by atoms with van der Waals surface area (Å²) < 4.78 is 29.8. The van der Waals surface area contributed by atoms with Crippen molar-refractivity contribution in [2.45, 2.75) is 6.92 Å². The predicted octanol–water partition coefficient (Wildman–Crippen LogP) is 1.35.